The summed E-state index contributed by atoms with van der Waals surface area (Å²) in [6.07, 6.45) is 0.933. The van der Waals surface area contributed by atoms with Gasteiger partial charge in [-0.1, -0.05) is 44.5 Å². The fraction of sp³-hybridized carbons (Fsp3) is 0.350. The summed E-state index contributed by atoms with van der Waals surface area (Å²) in [6, 6.07) is 15.7. The molecule has 0 aliphatic heterocycles. The number of benzene rings is 2. The highest BCUT2D eigenvalue weighted by Crippen LogP contribution is 2.24. The lowest BCUT2D eigenvalue weighted by atomic mass is 9.92. The van der Waals surface area contributed by atoms with Gasteiger partial charge in [-0.25, -0.2) is 4.98 Å². The second-order valence-corrected chi connectivity index (χ2v) is 7.64. The Morgan fingerprint density at radius 1 is 1.04 bits per heavy atom. The molecule has 2 aromatic carbocycles. The molecule has 0 radical (unpaired) electrons. The Hall–Kier alpha value is -1.71. The first-order valence-electron chi connectivity index (χ1n) is 8.25. The molecule has 25 heavy (non-hydrogen) atoms. The van der Waals surface area contributed by atoms with Gasteiger partial charge in [-0.3, -0.25) is 0 Å². The number of aromatic nitrogens is 2. The molecule has 0 aliphatic carbocycles. The molecule has 3 aromatic rings. The second-order valence-electron chi connectivity index (χ2n) is 7.21. The third-order valence-corrected chi connectivity index (χ3v) is 4.07. The quantitative estimate of drug-likeness (QED) is 0.562. The molecule has 1 aromatic heterocycles. The summed E-state index contributed by atoms with van der Waals surface area (Å²) in [4.78, 5) is 4.83. The van der Waals surface area contributed by atoms with Crippen molar-refractivity contribution in [3.05, 3.63) is 59.4 Å². The molecule has 0 aliphatic rings. The van der Waals surface area contributed by atoms with Crippen molar-refractivity contribution >= 4 is 35.0 Å². The van der Waals surface area contributed by atoms with Gasteiger partial charge in [-0.2, -0.15) is 0 Å². The minimum absolute atomic E-state index is 0. The summed E-state index contributed by atoms with van der Waals surface area (Å²) >= 11 is 5.91. The molecule has 0 fully saturated rings. The van der Waals surface area contributed by atoms with Gasteiger partial charge in [0.25, 0.3) is 0 Å². The number of para-hydroxylation sites is 2. The van der Waals surface area contributed by atoms with Crippen molar-refractivity contribution in [1.29, 1.82) is 0 Å². The van der Waals surface area contributed by atoms with E-state index in [2.05, 4.69) is 43.5 Å². The Morgan fingerprint density at radius 3 is 2.40 bits per heavy atom. The van der Waals surface area contributed by atoms with Crippen LogP contribution in [0.1, 0.15) is 26.6 Å². The maximum absolute atomic E-state index is 5.91. The molecule has 3 nitrogen and oxygen atoms in total. The van der Waals surface area contributed by atoms with Crippen molar-refractivity contribution < 1.29 is 4.74 Å². The van der Waals surface area contributed by atoms with Crippen LogP contribution in [0.4, 0.5) is 0 Å². The molecule has 0 amide bonds. The van der Waals surface area contributed by atoms with Crippen molar-refractivity contribution in [2.45, 2.75) is 33.7 Å². The normalized spacial score (nSPS) is 11.4. The molecule has 134 valence electrons. The predicted octanol–water partition coefficient (Wildman–Crippen LogP) is 5.78. The van der Waals surface area contributed by atoms with E-state index in [4.69, 9.17) is 21.3 Å². The molecule has 0 bridgehead atoms. The zero-order valence-corrected chi connectivity index (χ0v) is 16.4. The van der Waals surface area contributed by atoms with Crippen LogP contribution in [0, 0.1) is 5.41 Å². The molecule has 5 heteroatoms. The zero-order chi connectivity index (χ0) is 17.2. The number of nitrogens with zero attached hydrogens (tertiary/aromatic N) is 2. The Morgan fingerprint density at radius 2 is 1.72 bits per heavy atom. The van der Waals surface area contributed by atoms with E-state index < -0.39 is 0 Å². The van der Waals surface area contributed by atoms with Crippen LogP contribution in [0.3, 0.4) is 0 Å². The molecule has 0 unspecified atom stereocenters. The van der Waals surface area contributed by atoms with Gasteiger partial charge in [-0.05, 0) is 41.8 Å². The molecule has 0 atom stereocenters. The molecule has 0 N–H and O–H groups in total. The summed E-state index contributed by atoms with van der Waals surface area (Å²) in [5.41, 5.74) is 2.40. The van der Waals surface area contributed by atoms with Crippen molar-refractivity contribution in [3.8, 4) is 5.75 Å². The van der Waals surface area contributed by atoms with Crippen LogP contribution in [-0.4, -0.2) is 16.2 Å². The van der Waals surface area contributed by atoms with Crippen molar-refractivity contribution in [2.24, 2.45) is 5.41 Å². The summed E-state index contributed by atoms with van der Waals surface area (Å²) < 4.78 is 8.14. The molecule has 3 rings (SSSR count). The molecular weight excluding hydrogens is 355 g/mol. The van der Waals surface area contributed by atoms with Crippen molar-refractivity contribution in [1.82, 2.24) is 9.55 Å². The van der Waals surface area contributed by atoms with Gasteiger partial charge < -0.3 is 9.30 Å². The lowest BCUT2D eigenvalue weighted by Gasteiger charge is -2.19. The van der Waals surface area contributed by atoms with E-state index in [9.17, 15) is 0 Å². The molecule has 0 saturated carbocycles. The van der Waals surface area contributed by atoms with Gasteiger partial charge in [0.15, 0.2) is 0 Å². The fourth-order valence-electron chi connectivity index (χ4n) is 2.77. The van der Waals surface area contributed by atoms with Gasteiger partial charge in [0, 0.05) is 11.4 Å². The monoisotopic (exact) mass is 378 g/mol. The number of rotatable bonds is 5. The summed E-state index contributed by atoms with van der Waals surface area (Å²) in [6.45, 7) is 8.08. The maximum Gasteiger partial charge on any atom is 0.119 e. The van der Waals surface area contributed by atoms with Gasteiger partial charge in [0.05, 0.1) is 17.6 Å². The van der Waals surface area contributed by atoms with Gasteiger partial charge >= 0.3 is 0 Å². The number of hydrogen-bond donors (Lipinski definition) is 0. The first-order chi connectivity index (χ1) is 11.4. The Bertz CT molecular complexity index is 820. The highest BCUT2D eigenvalue weighted by molar-refractivity contribution is 6.30. The van der Waals surface area contributed by atoms with Crippen LogP contribution in [0.5, 0.6) is 5.75 Å². The molecular formula is C20H24Cl2N2O. The SMILES string of the molecule is CC(C)(C)Cc1nc2ccccc2n1CCOc1ccc(Cl)cc1.Cl. The van der Waals surface area contributed by atoms with Crippen molar-refractivity contribution in [3.63, 3.8) is 0 Å². The summed E-state index contributed by atoms with van der Waals surface area (Å²) in [5, 5.41) is 0.718. The third kappa shape index (κ3) is 5.13. The smallest absolute Gasteiger partial charge is 0.119 e. The van der Waals surface area contributed by atoms with Gasteiger partial charge in [0.2, 0.25) is 0 Å². The van der Waals surface area contributed by atoms with Crippen LogP contribution < -0.4 is 4.74 Å². The molecule has 0 saturated heterocycles. The van der Waals surface area contributed by atoms with E-state index in [1.807, 2.05) is 30.3 Å². The highest BCUT2D eigenvalue weighted by Gasteiger charge is 2.18. The lowest BCUT2D eigenvalue weighted by molar-refractivity contribution is 0.294. The average Bonchev–Trinajstić information content (AvgIpc) is 2.85. The Balaban J connectivity index is 0.00000225. The first kappa shape index (κ1) is 19.6. The largest absolute Gasteiger partial charge is 0.492 e. The summed E-state index contributed by atoms with van der Waals surface area (Å²) in [5.74, 6) is 1.95. The summed E-state index contributed by atoms with van der Waals surface area (Å²) in [7, 11) is 0. The van der Waals surface area contributed by atoms with Gasteiger partial charge in [-0.15, -0.1) is 12.4 Å². The number of ether oxygens (including phenoxy) is 1. The maximum atomic E-state index is 5.91. The van der Waals surface area contributed by atoms with E-state index in [-0.39, 0.29) is 17.8 Å². The number of fused-ring (bicyclic) bond motifs is 1. The van der Waals surface area contributed by atoms with Crippen LogP contribution in [0.25, 0.3) is 11.0 Å². The topological polar surface area (TPSA) is 27.1 Å². The molecule has 0 spiro atoms. The minimum Gasteiger partial charge on any atom is -0.492 e. The number of hydrogen-bond acceptors (Lipinski definition) is 2. The van der Waals surface area contributed by atoms with Crippen LogP contribution >= 0.6 is 24.0 Å². The van der Waals surface area contributed by atoms with Gasteiger partial charge in [0.1, 0.15) is 18.2 Å². The van der Waals surface area contributed by atoms with Crippen LogP contribution in [0.15, 0.2) is 48.5 Å². The Kier molecular flexibility index (Phi) is 6.36. The lowest BCUT2D eigenvalue weighted by Crippen LogP contribution is -2.17. The van der Waals surface area contributed by atoms with E-state index in [1.54, 1.807) is 0 Å². The third-order valence-electron chi connectivity index (χ3n) is 3.82. The number of imidazole rings is 1. The Labute approximate surface area is 160 Å². The zero-order valence-electron chi connectivity index (χ0n) is 14.8. The van der Waals surface area contributed by atoms with E-state index in [0.717, 1.165) is 40.6 Å². The second kappa shape index (κ2) is 8.11. The van der Waals surface area contributed by atoms with Crippen LogP contribution in [-0.2, 0) is 13.0 Å². The highest BCUT2D eigenvalue weighted by atomic mass is 35.5. The molecule has 1 heterocycles. The van der Waals surface area contributed by atoms with E-state index in [1.165, 1.54) is 0 Å². The minimum atomic E-state index is 0. The van der Waals surface area contributed by atoms with E-state index in [0.29, 0.717) is 6.61 Å². The fourth-order valence-corrected chi connectivity index (χ4v) is 2.90. The van der Waals surface area contributed by atoms with Crippen molar-refractivity contribution in [2.75, 3.05) is 6.61 Å². The predicted molar refractivity (Wildman–Crippen MR) is 107 cm³/mol. The van der Waals surface area contributed by atoms with E-state index >= 15 is 0 Å². The first-order valence-corrected chi connectivity index (χ1v) is 8.63. The standard InChI is InChI=1S/C20H23ClN2O.ClH/c1-20(2,3)14-19-22-17-6-4-5-7-18(17)23(19)12-13-24-16-10-8-15(21)9-11-16;/h4-11H,12-14H2,1-3H3;1H. The average molecular weight is 379 g/mol. The van der Waals surface area contributed by atoms with Crippen LogP contribution in [0.2, 0.25) is 5.02 Å². The number of halogens is 2.